The Kier molecular flexibility index (Phi) is 5.85. The SMILES string of the molecule is COc1ccc(CN(Cc2cccnc2)C(=O)c2cccc(-n3cccn3)c2)cc1. The summed E-state index contributed by atoms with van der Waals surface area (Å²) in [5.41, 5.74) is 3.45. The minimum atomic E-state index is -0.0522. The number of pyridine rings is 1. The van der Waals surface area contributed by atoms with Gasteiger partial charge in [-0.1, -0.05) is 24.3 Å². The maximum absolute atomic E-state index is 13.4. The van der Waals surface area contributed by atoms with Crippen molar-refractivity contribution in [3.63, 3.8) is 0 Å². The highest BCUT2D eigenvalue weighted by atomic mass is 16.5. The van der Waals surface area contributed by atoms with E-state index >= 15 is 0 Å². The van der Waals surface area contributed by atoms with Crippen molar-refractivity contribution in [2.24, 2.45) is 0 Å². The zero-order valence-corrected chi connectivity index (χ0v) is 16.7. The molecule has 0 saturated carbocycles. The van der Waals surface area contributed by atoms with E-state index in [-0.39, 0.29) is 5.91 Å². The van der Waals surface area contributed by atoms with Gasteiger partial charge in [-0.15, -0.1) is 0 Å². The Morgan fingerprint density at radius 1 is 0.967 bits per heavy atom. The fourth-order valence-electron chi connectivity index (χ4n) is 3.25. The minimum Gasteiger partial charge on any atom is -0.497 e. The molecule has 150 valence electrons. The Morgan fingerprint density at radius 2 is 1.80 bits per heavy atom. The predicted molar refractivity (Wildman–Crippen MR) is 114 cm³/mol. The van der Waals surface area contributed by atoms with Crippen molar-refractivity contribution in [1.82, 2.24) is 19.7 Å². The van der Waals surface area contributed by atoms with E-state index in [4.69, 9.17) is 4.74 Å². The van der Waals surface area contributed by atoms with Crippen LogP contribution in [0.4, 0.5) is 0 Å². The molecular formula is C24H22N4O2. The lowest BCUT2D eigenvalue weighted by Crippen LogP contribution is -2.30. The van der Waals surface area contributed by atoms with Gasteiger partial charge in [0, 0.05) is 43.4 Å². The van der Waals surface area contributed by atoms with Gasteiger partial charge in [0.05, 0.1) is 12.8 Å². The summed E-state index contributed by atoms with van der Waals surface area (Å²) < 4.78 is 6.98. The first-order valence-corrected chi connectivity index (χ1v) is 9.64. The second-order valence-electron chi connectivity index (χ2n) is 6.87. The zero-order chi connectivity index (χ0) is 20.8. The summed E-state index contributed by atoms with van der Waals surface area (Å²) >= 11 is 0. The Bertz CT molecular complexity index is 1090. The van der Waals surface area contributed by atoms with Gasteiger partial charge in [0.25, 0.3) is 5.91 Å². The van der Waals surface area contributed by atoms with E-state index in [1.165, 1.54) is 0 Å². The van der Waals surface area contributed by atoms with Crippen LogP contribution in [0, 0.1) is 0 Å². The number of carbonyl (C=O) groups excluding carboxylic acids is 1. The molecule has 0 bridgehead atoms. The third-order valence-corrected chi connectivity index (χ3v) is 4.78. The topological polar surface area (TPSA) is 60.2 Å². The summed E-state index contributed by atoms with van der Waals surface area (Å²) in [6.07, 6.45) is 7.09. The molecule has 0 aliphatic rings. The van der Waals surface area contributed by atoms with Crippen LogP contribution in [0.3, 0.4) is 0 Å². The van der Waals surface area contributed by atoms with E-state index in [1.54, 1.807) is 30.4 Å². The minimum absolute atomic E-state index is 0.0522. The summed E-state index contributed by atoms with van der Waals surface area (Å²) in [6.45, 7) is 0.939. The van der Waals surface area contributed by atoms with Crippen LogP contribution in [0.5, 0.6) is 5.75 Å². The molecular weight excluding hydrogens is 376 g/mol. The first-order chi connectivity index (χ1) is 14.7. The molecule has 2 aromatic carbocycles. The molecule has 0 unspecified atom stereocenters. The summed E-state index contributed by atoms with van der Waals surface area (Å²) in [5, 5.41) is 4.26. The van der Waals surface area contributed by atoms with E-state index in [0.29, 0.717) is 18.7 Å². The van der Waals surface area contributed by atoms with Crippen molar-refractivity contribution in [3.05, 3.63) is 108 Å². The molecule has 0 atom stereocenters. The maximum Gasteiger partial charge on any atom is 0.254 e. The molecule has 6 heteroatoms. The third-order valence-electron chi connectivity index (χ3n) is 4.78. The molecule has 4 aromatic rings. The highest BCUT2D eigenvalue weighted by molar-refractivity contribution is 5.94. The van der Waals surface area contributed by atoms with Crippen molar-refractivity contribution in [2.45, 2.75) is 13.1 Å². The van der Waals surface area contributed by atoms with Crippen LogP contribution in [0.2, 0.25) is 0 Å². The predicted octanol–water partition coefficient (Wildman–Crippen LogP) is 4.12. The van der Waals surface area contributed by atoms with E-state index in [1.807, 2.05) is 77.8 Å². The second-order valence-corrected chi connectivity index (χ2v) is 6.87. The highest BCUT2D eigenvalue weighted by Crippen LogP contribution is 2.18. The largest absolute Gasteiger partial charge is 0.497 e. The van der Waals surface area contributed by atoms with Crippen molar-refractivity contribution < 1.29 is 9.53 Å². The molecule has 0 aliphatic heterocycles. The van der Waals surface area contributed by atoms with Crippen LogP contribution < -0.4 is 4.74 Å². The molecule has 4 rings (SSSR count). The number of benzene rings is 2. The quantitative estimate of drug-likeness (QED) is 0.470. The Balaban J connectivity index is 1.62. The van der Waals surface area contributed by atoms with E-state index < -0.39 is 0 Å². The standard InChI is InChI=1S/C24H22N4O2/c1-30-23-10-8-19(9-11-23)17-27(18-20-5-3-12-25-16-20)24(29)21-6-2-7-22(15-21)28-14-4-13-26-28/h2-16H,17-18H2,1H3. The van der Waals surface area contributed by atoms with Crippen molar-refractivity contribution >= 4 is 5.91 Å². The van der Waals surface area contributed by atoms with E-state index in [9.17, 15) is 4.79 Å². The Labute approximate surface area is 175 Å². The number of nitrogens with zero attached hydrogens (tertiary/aromatic N) is 4. The number of carbonyl (C=O) groups is 1. The summed E-state index contributed by atoms with van der Waals surface area (Å²) in [7, 11) is 1.64. The van der Waals surface area contributed by atoms with Crippen LogP contribution in [-0.2, 0) is 13.1 Å². The van der Waals surface area contributed by atoms with Gasteiger partial charge < -0.3 is 9.64 Å². The highest BCUT2D eigenvalue weighted by Gasteiger charge is 2.18. The average molecular weight is 398 g/mol. The Hall–Kier alpha value is -3.93. The Morgan fingerprint density at radius 3 is 2.50 bits per heavy atom. The van der Waals surface area contributed by atoms with Crippen LogP contribution >= 0.6 is 0 Å². The fraction of sp³-hybridized carbons (Fsp3) is 0.125. The van der Waals surface area contributed by atoms with Crippen LogP contribution in [0.1, 0.15) is 21.5 Å². The molecule has 0 N–H and O–H groups in total. The first kappa shape index (κ1) is 19.4. The molecule has 0 spiro atoms. The van der Waals surface area contributed by atoms with Crippen LogP contribution in [-0.4, -0.2) is 32.7 Å². The second kappa shape index (κ2) is 9.05. The van der Waals surface area contributed by atoms with Gasteiger partial charge in [-0.3, -0.25) is 9.78 Å². The van der Waals surface area contributed by atoms with Gasteiger partial charge >= 0.3 is 0 Å². The number of methoxy groups -OCH3 is 1. The molecule has 0 saturated heterocycles. The summed E-state index contributed by atoms with van der Waals surface area (Å²) in [4.78, 5) is 19.5. The molecule has 0 radical (unpaired) electrons. The zero-order valence-electron chi connectivity index (χ0n) is 16.7. The van der Waals surface area contributed by atoms with Gasteiger partial charge in [-0.2, -0.15) is 5.10 Å². The molecule has 30 heavy (non-hydrogen) atoms. The number of rotatable bonds is 7. The lowest BCUT2D eigenvalue weighted by atomic mass is 10.1. The lowest BCUT2D eigenvalue weighted by molar-refractivity contribution is 0.0730. The lowest BCUT2D eigenvalue weighted by Gasteiger charge is -2.23. The van der Waals surface area contributed by atoms with Gasteiger partial charge in [0.2, 0.25) is 0 Å². The maximum atomic E-state index is 13.4. The average Bonchev–Trinajstić information content (AvgIpc) is 3.35. The van der Waals surface area contributed by atoms with Crippen LogP contribution in [0.25, 0.3) is 5.69 Å². The number of ether oxygens (including phenoxy) is 1. The molecule has 0 fully saturated rings. The summed E-state index contributed by atoms with van der Waals surface area (Å²) in [6, 6.07) is 21.0. The summed E-state index contributed by atoms with van der Waals surface area (Å²) in [5.74, 6) is 0.736. The third kappa shape index (κ3) is 4.55. The van der Waals surface area contributed by atoms with E-state index in [2.05, 4.69) is 10.1 Å². The van der Waals surface area contributed by atoms with Gasteiger partial charge in [-0.05, 0) is 53.6 Å². The van der Waals surface area contributed by atoms with Gasteiger partial charge in [0.1, 0.15) is 5.75 Å². The van der Waals surface area contributed by atoms with E-state index in [0.717, 1.165) is 22.6 Å². The van der Waals surface area contributed by atoms with Crippen molar-refractivity contribution in [3.8, 4) is 11.4 Å². The first-order valence-electron chi connectivity index (χ1n) is 9.64. The number of amides is 1. The smallest absolute Gasteiger partial charge is 0.254 e. The molecule has 0 aliphatic carbocycles. The van der Waals surface area contributed by atoms with Crippen molar-refractivity contribution in [1.29, 1.82) is 0 Å². The monoisotopic (exact) mass is 398 g/mol. The fourth-order valence-corrected chi connectivity index (χ4v) is 3.25. The van der Waals surface area contributed by atoms with Crippen LogP contribution in [0.15, 0.2) is 91.5 Å². The van der Waals surface area contributed by atoms with Crippen molar-refractivity contribution in [2.75, 3.05) is 7.11 Å². The molecule has 1 amide bonds. The molecule has 6 nitrogen and oxygen atoms in total. The number of hydrogen-bond acceptors (Lipinski definition) is 4. The normalized spacial score (nSPS) is 10.6. The number of hydrogen-bond donors (Lipinski definition) is 0. The van der Waals surface area contributed by atoms with Gasteiger partial charge in [-0.25, -0.2) is 4.68 Å². The molecule has 2 heterocycles. The number of aromatic nitrogens is 3. The molecule has 2 aromatic heterocycles. The van der Waals surface area contributed by atoms with Gasteiger partial charge in [0.15, 0.2) is 0 Å².